The molecule has 0 radical (unpaired) electrons. The van der Waals surface area contributed by atoms with Gasteiger partial charge in [-0.05, 0) is 30.0 Å². The lowest BCUT2D eigenvalue weighted by Crippen LogP contribution is -2.41. The number of hydrogen-bond donors (Lipinski definition) is 4. The molecule has 0 saturated heterocycles. The lowest BCUT2D eigenvalue weighted by molar-refractivity contribution is -0.139. The molecule has 3 aromatic rings. The molecule has 0 fully saturated rings. The number of carboxylic acids is 1. The van der Waals surface area contributed by atoms with Crippen LogP contribution in [0.4, 0.5) is 0 Å². The molecule has 1 unspecified atom stereocenters. The van der Waals surface area contributed by atoms with E-state index in [0.29, 0.717) is 6.42 Å². The number of carbonyl (C=O) groups excluding carboxylic acids is 1. The van der Waals surface area contributed by atoms with E-state index in [1.807, 2.05) is 60.7 Å². The number of aromatic nitrogens is 1. The summed E-state index contributed by atoms with van der Waals surface area (Å²) in [6.07, 6.45) is 1.98. The quantitative estimate of drug-likeness (QED) is 0.205. The predicted octanol–water partition coefficient (Wildman–Crippen LogP) is 1.72. The summed E-state index contributed by atoms with van der Waals surface area (Å²) in [5, 5.41) is 12.0. The second-order valence-electron chi connectivity index (χ2n) is 7.70. The van der Waals surface area contributed by atoms with E-state index in [1.165, 1.54) is 22.9 Å². The van der Waals surface area contributed by atoms with E-state index in [1.54, 1.807) is 0 Å². The average molecular weight is 462 g/mol. The summed E-state index contributed by atoms with van der Waals surface area (Å²) in [6.45, 7) is 0.253. The highest BCUT2D eigenvalue weighted by atomic mass is 16.4. The molecule has 2 aromatic carbocycles. The number of hydrogen-bond acceptors (Lipinski definition) is 4. The van der Waals surface area contributed by atoms with E-state index in [9.17, 15) is 19.5 Å². The van der Waals surface area contributed by atoms with Crippen molar-refractivity contribution in [3.05, 3.63) is 106 Å². The van der Waals surface area contributed by atoms with Gasteiger partial charge in [0, 0.05) is 18.8 Å². The van der Waals surface area contributed by atoms with Crippen molar-refractivity contribution in [2.24, 2.45) is 16.5 Å². The first-order chi connectivity index (χ1) is 16.4. The molecule has 1 atom stereocenters. The smallest absolute Gasteiger partial charge is 0.326 e. The van der Waals surface area contributed by atoms with Gasteiger partial charge >= 0.3 is 5.97 Å². The Labute approximate surface area is 196 Å². The molecule has 34 heavy (non-hydrogen) atoms. The molecule has 9 heteroatoms. The summed E-state index contributed by atoms with van der Waals surface area (Å²) in [6, 6.07) is 20.1. The van der Waals surface area contributed by atoms with Gasteiger partial charge in [-0.3, -0.25) is 14.6 Å². The Morgan fingerprint density at radius 1 is 0.941 bits per heavy atom. The maximum atomic E-state index is 12.9. The summed E-state index contributed by atoms with van der Waals surface area (Å²) in [5.74, 6) is -1.84. The summed E-state index contributed by atoms with van der Waals surface area (Å²) in [7, 11) is 0. The highest BCUT2D eigenvalue weighted by Gasteiger charge is 2.22. The topological polar surface area (TPSA) is 153 Å². The molecular weight excluding hydrogens is 434 g/mol. The predicted molar refractivity (Wildman–Crippen MR) is 130 cm³/mol. The van der Waals surface area contributed by atoms with Gasteiger partial charge in [0.25, 0.3) is 11.5 Å². The third-order valence-corrected chi connectivity index (χ3v) is 5.26. The summed E-state index contributed by atoms with van der Waals surface area (Å²) >= 11 is 0. The average Bonchev–Trinajstić information content (AvgIpc) is 2.83. The zero-order valence-electron chi connectivity index (χ0n) is 18.5. The summed E-state index contributed by atoms with van der Waals surface area (Å²) in [5.41, 5.74) is 12.2. The van der Waals surface area contributed by atoms with Crippen LogP contribution in [-0.2, 0) is 4.79 Å². The SMILES string of the molecule is NC(N)=NCCCC(NC(=O)c1ccc(=O)n(C(c2ccccc2)c2ccccc2)c1)C(=O)O. The number of rotatable bonds is 10. The van der Waals surface area contributed by atoms with Crippen LogP contribution >= 0.6 is 0 Å². The lowest BCUT2D eigenvalue weighted by atomic mass is 9.98. The van der Waals surface area contributed by atoms with Crippen molar-refractivity contribution in [3.63, 3.8) is 0 Å². The second kappa shape index (κ2) is 11.5. The first kappa shape index (κ1) is 24.2. The number of carboxylic acid groups (broad SMARTS) is 1. The van der Waals surface area contributed by atoms with Gasteiger partial charge in [-0.2, -0.15) is 0 Å². The van der Waals surface area contributed by atoms with Crippen LogP contribution in [0.2, 0.25) is 0 Å². The molecular formula is C25H27N5O4. The Morgan fingerprint density at radius 3 is 2.06 bits per heavy atom. The third kappa shape index (κ3) is 6.32. The first-order valence-corrected chi connectivity index (χ1v) is 10.8. The Bertz CT molecular complexity index is 1170. The van der Waals surface area contributed by atoms with Crippen LogP contribution in [0.15, 0.2) is 88.8 Å². The van der Waals surface area contributed by atoms with E-state index in [0.717, 1.165) is 11.1 Å². The Kier molecular flexibility index (Phi) is 8.17. The van der Waals surface area contributed by atoms with Gasteiger partial charge in [0.1, 0.15) is 6.04 Å². The highest BCUT2D eigenvalue weighted by molar-refractivity contribution is 5.96. The van der Waals surface area contributed by atoms with Gasteiger partial charge in [-0.1, -0.05) is 60.7 Å². The molecule has 0 aliphatic rings. The molecule has 9 nitrogen and oxygen atoms in total. The van der Waals surface area contributed by atoms with Gasteiger partial charge in [0.05, 0.1) is 11.6 Å². The number of pyridine rings is 1. The summed E-state index contributed by atoms with van der Waals surface area (Å²) in [4.78, 5) is 41.2. The Hall–Kier alpha value is -4.40. The minimum absolute atomic E-state index is 0.0791. The van der Waals surface area contributed by atoms with Gasteiger partial charge < -0.3 is 26.5 Å². The molecule has 0 saturated carbocycles. The van der Waals surface area contributed by atoms with Gasteiger partial charge in [-0.15, -0.1) is 0 Å². The number of nitrogens with zero attached hydrogens (tertiary/aromatic N) is 2. The van der Waals surface area contributed by atoms with E-state index in [4.69, 9.17) is 11.5 Å². The van der Waals surface area contributed by atoms with Crippen LogP contribution in [0.25, 0.3) is 0 Å². The molecule has 0 aliphatic carbocycles. The van der Waals surface area contributed by atoms with Crippen molar-refractivity contribution in [2.45, 2.75) is 24.9 Å². The Balaban J connectivity index is 1.89. The zero-order chi connectivity index (χ0) is 24.5. The molecule has 0 bridgehead atoms. The molecule has 3 rings (SSSR count). The van der Waals surface area contributed by atoms with E-state index in [2.05, 4.69) is 10.3 Å². The molecule has 0 aliphatic heterocycles. The van der Waals surface area contributed by atoms with Gasteiger partial charge in [0.15, 0.2) is 5.96 Å². The lowest BCUT2D eigenvalue weighted by Gasteiger charge is -2.22. The fraction of sp³-hybridized carbons (Fsp3) is 0.200. The van der Waals surface area contributed by atoms with Crippen molar-refractivity contribution >= 4 is 17.8 Å². The number of nitrogens with one attached hydrogen (secondary N) is 1. The van der Waals surface area contributed by atoms with E-state index < -0.39 is 24.0 Å². The molecule has 1 amide bonds. The van der Waals surface area contributed by atoms with Crippen LogP contribution in [0.3, 0.4) is 0 Å². The maximum absolute atomic E-state index is 12.9. The molecule has 0 spiro atoms. The van der Waals surface area contributed by atoms with Crippen LogP contribution in [0, 0.1) is 0 Å². The Morgan fingerprint density at radius 2 is 1.53 bits per heavy atom. The van der Waals surface area contributed by atoms with Crippen molar-refractivity contribution in [2.75, 3.05) is 6.54 Å². The number of aliphatic carboxylic acids is 1. The maximum Gasteiger partial charge on any atom is 0.326 e. The monoisotopic (exact) mass is 461 g/mol. The van der Waals surface area contributed by atoms with Crippen molar-refractivity contribution in [3.8, 4) is 0 Å². The number of amides is 1. The zero-order valence-corrected chi connectivity index (χ0v) is 18.5. The largest absolute Gasteiger partial charge is 0.480 e. The van der Waals surface area contributed by atoms with Crippen molar-refractivity contribution < 1.29 is 14.7 Å². The number of nitrogens with two attached hydrogens (primary N) is 2. The molecule has 6 N–H and O–H groups in total. The van der Waals surface area contributed by atoms with Crippen LogP contribution in [-0.4, -0.2) is 40.1 Å². The fourth-order valence-corrected chi connectivity index (χ4v) is 3.63. The molecule has 1 heterocycles. The molecule has 1 aromatic heterocycles. The number of guanidine groups is 1. The standard InChI is InChI=1S/C25H27N5O4/c26-25(27)28-15-7-12-20(24(33)34)29-23(32)19-13-14-21(31)30(16-19)22(17-8-3-1-4-9-17)18-10-5-2-6-11-18/h1-6,8-11,13-14,16,20,22H,7,12,15H2,(H,29,32)(H,33,34)(H4,26,27,28). The van der Waals surface area contributed by atoms with Crippen LogP contribution < -0.4 is 22.3 Å². The number of benzene rings is 2. The third-order valence-electron chi connectivity index (χ3n) is 5.26. The van der Waals surface area contributed by atoms with Crippen molar-refractivity contribution in [1.82, 2.24) is 9.88 Å². The normalized spacial score (nSPS) is 11.6. The first-order valence-electron chi connectivity index (χ1n) is 10.8. The van der Waals surface area contributed by atoms with Gasteiger partial charge in [0.2, 0.25) is 0 Å². The van der Waals surface area contributed by atoms with Crippen molar-refractivity contribution in [1.29, 1.82) is 0 Å². The number of aliphatic imine (C=N–C) groups is 1. The second-order valence-corrected chi connectivity index (χ2v) is 7.70. The van der Waals surface area contributed by atoms with Crippen LogP contribution in [0.1, 0.15) is 40.4 Å². The van der Waals surface area contributed by atoms with E-state index >= 15 is 0 Å². The van der Waals surface area contributed by atoms with Gasteiger partial charge in [-0.25, -0.2) is 4.79 Å². The molecule has 176 valence electrons. The minimum Gasteiger partial charge on any atom is -0.480 e. The summed E-state index contributed by atoms with van der Waals surface area (Å²) < 4.78 is 1.48. The fourth-order valence-electron chi connectivity index (χ4n) is 3.63. The highest BCUT2D eigenvalue weighted by Crippen LogP contribution is 2.25. The minimum atomic E-state index is -1.17. The van der Waals surface area contributed by atoms with Crippen LogP contribution in [0.5, 0.6) is 0 Å². The van der Waals surface area contributed by atoms with E-state index in [-0.39, 0.29) is 30.0 Å². The number of carbonyl (C=O) groups is 2.